The van der Waals surface area contributed by atoms with Gasteiger partial charge in [0.2, 0.25) is 11.8 Å². The fourth-order valence-corrected chi connectivity index (χ4v) is 4.85. The molecule has 2 aromatic rings. The first-order valence-corrected chi connectivity index (χ1v) is 15.2. The van der Waals surface area contributed by atoms with Crippen LogP contribution in [0.2, 0.25) is 0 Å². The van der Waals surface area contributed by atoms with E-state index in [4.69, 9.17) is 4.74 Å². The third kappa shape index (κ3) is 11.0. The molecule has 3 N–H and O–H groups in total. The van der Waals surface area contributed by atoms with Gasteiger partial charge in [0, 0.05) is 19.0 Å². The smallest absolute Gasteiger partial charge is 0.408 e. The van der Waals surface area contributed by atoms with Crippen LogP contribution in [0.15, 0.2) is 42.5 Å². The maximum absolute atomic E-state index is 14.5. The number of phenols is 1. The fourth-order valence-electron chi connectivity index (χ4n) is 4.85. The third-order valence-electron chi connectivity index (χ3n) is 7.17. The van der Waals surface area contributed by atoms with E-state index in [2.05, 4.69) is 24.5 Å². The van der Waals surface area contributed by atoms with Gasteiger partial charge in [0.25, 0.3) is 0 Å². The molecule has 0 aliphatic rings. The number of amides is 3. The number of ether oxygens (including phenoxy) is 1. The second kappa shape index (κ2) is 16.2. The van der Waals surface area contributed by atoms with Crippen molar-refractivity contribution in [2.75, 3.05) is 6.54 Å². The summed E-state index contributed by atoms with van der Waals surface area (Å²) < 4.78 is 5.51. The highest BCUT2D eigenvalue weighted by molar-refractivity contribution is 5.92. The standard InChI is InChI=1S/C34H51N3O5/c1-9-11-12-20-37(30(31(39)35-25(5)13-10-2)27-17-14-23(3)24(4)21-27)32(40)29(36-33(41)42-34(6,7)8)22-26-15-18-28(38)19-16-26/h14-19,21,25,29-30,38H,9-13,20,22H2,1-8H3,(H,35,39)(H,36,41). The molecule has 2 aromatic carbocycles. The molecule has 0 aliphatic carbocycles. The Morgan fingerprint density at radius 3 is 2.17 bits per heavy atom. The van der Waals surface area contributed by atoms with Crippen LogP contribution in [0, 0.1) is 13.8 Å². The van der Waals surface area contributed by atoms with Gasteiger partial charge in [-0.3, -0.25) is 9.59 Å². The highest BCUT2D eigenvalue weighted by atomic mass is 16.6. The van der Waals surface area contributed by atoms with Crippen LogP contribution in [-0.4, -0.2) is 52.1 Å². The Morgan fingerprint density at radius 2 is 1.60 bits per heavy atom. The molecule has 8 nitrogen and oxygen atoms in total. The fraction of sp³-hybridized carbons (Fsp3) is 0.559. The minimum atomic E-state index is -0.999. The number of hydrogen-bond acceptors (Lipinski definition) is 5. The Balaban J connectivity index is 2.60. The van der Waals surface area contributed by atoms with Gasteiger partial charge in [0.05, 0.1) is 0 Å². The minimum Gasteiger partial charge on any atom is -0.508 e. The van der Waals surface area contributed by atoms with E-state index in [1.807, 2.05) is 39.0 Å². The lowest BCUT2D eigenvalue weighted by Crippen LogP contribution is -2.54. The number of benzene rings is 2. The van der Waals surface area contributed by atoms with Gasteiger partial charge in [-0.25, -0.2) is 4.79 Å². The Bertz CT molecular complexity index is 1170. The lowest BCUT2D eigenvalue weighted by atomic mass is 9.96. The maximum atomic E-state index is 14.5. The minimum absolute atomic E-state index is 0.0585. The molecule has 0 saturated carbocycles. The number of rotatable bonds is 14. The van der Waals surface area contributed by atoms with Gasteiger partial charge >= 0.3 is 6.09 Å². The molecule has 3 amide bonds. The molecule has 8 heteroatoms. The molecular weight excluding hydrogens is 530 g/mol. The van der Waals surface area contributed by atoms with Gasteiger partial charge in [-0.2, -0.15) is 0 Å². The van der Waals surface area contributed by atoms with E-state index < -0.39 is 23.8 Å². The summed E-state index contributed by atoms with van der Waals surface area (Å²) >= 11 is 0. The van der Waals surface area contributed by atoms with E-state index in [1.165, 1.54) is 0 Å². The zero-order valence-electron chi connectivity index (χ0n) is 26.8. The number of carbonyl (C=O) groups excluding carboxylic acids is 3. The van der Waals surface area contributed by atoms with Crippen LogP contribution in [0.1, 0.15) is 102 Å². The van der Waals surface area contributed by atoms with Crippen LogP contribution in [0.5, 0.6) is 5.75 Å². The van der Waals surface area contributed by atoms with Crippen molar-refractivity contribution in [2.45, 2.75) is 118 Å². The quantitative estimate of drug-likeness (QED) is 0.221. The summed E-state index contributed by atoms with van der Waals surface area (Å²) in [5.74, 6) is -0.508. The number of unbranched alkanes of at least 4 members (excludes halogenated alkanes) is 2. The van der Waals surface area contributed by atoms with Crippen molar-refractivity contribution in [3.8, 4) is 5.75 Å². The van der Waals surface area contributed by atoms with Gasteiger partial charge < -0.3 is 25.4 Å². The zero-order valence-corrected chi connectivity index (χ0v) is 26.8. The second-order valence-electron chi connectivity index (χ2n) is 12.3. The molecule has 3 unspecified atom stereocenters. The van der Waals surface area contributed by atoms with Crippen LogP contribution in [0.25, 0.3) is 0 Å². The summed E-state index contributed by atoms with van der Waals surface area (Å²) in [5, 5.41) is 15.7. The molecule has 0 fully saturated rings. The number of phenolic OH excluding ortho intramolecular Hbond substituents is 1. The predicted octanol–water partition coefficient (Wildman–Crippen LogP) is 6.51. The first kappa shape index (κ1) is 34.7. The molecule has 0 saturated heterocycles. The van der Waals surface area contributed by atoms with Crippen molar-refractivity contribution in [3.05, 3.63) is 64.7 Å². The Labute approximate surface area is 252 Å². The number of aryl methyl sites for hydroxylation is 2. The van der Waals surface area contributed by atoms with Gasteiger partial charge in [-0.05, 0) is 88.8 Å². The van der Waals surface area contributed by atoms with Crippen LogP contribution in [-0.2, 0) is 20.7 Å². The largest absolute Gasteiger partial charge is 0.508 e. The van der Waals surface area contributed by atoms with Crippen molar-refractivity contribution >= 4 is 17.9 Å². The van der Waals surface area contributed by atoms with Crippen molar-refractivity contribution < 1.29 is 24.2 Å². The van der Waals surface area contributed by atoms with Crippen LogP contribution in [0.3, 0.4) is 0 Å². The normalized spacial score (nSPS) is 13.5. The summed E-state index contributed by atoms with van der Waals surface area (Å²) in [6, 6.07) is 10.4. The molecule has 0 bridgehead atoms. The number of carbonyl (C=O) groups is 3. The van der Waals surface area contributed by atoms with Crippen LogP contribution >= 0.6 is 0 Å². The van der Waals surface area contributed by atoms with E-state index in [9.17, 15) is 19.5 Å². The Morgan fingerprint density at radius 1 is 0.929 bits per heavy atom. The number of hydrogen-bond donors (Lipinski definition) is 3. The van der Waals surface area contributed by atoms with Crippen molar-refractivity contribution in [1.29, 1.82) is 0 Å². The predicted molar refractivity (Wildman–Crippen MR) is 167 cm³/mol. The molecule has 42 heavy (non-hydrogen) atoms. The highest BCUT2D eigenvalue weighted by Crippen LogP contribution is 2.27. The summed E-state index contributed by atoms with van der Waals surface area (Å²) in [4.78, 5) is 43.1. The molecule has 0 heterocycles. The molecule has 2 rings (SSSR count). The topological polar surface area (TPSA) is 108 Å². The number of nitrogens with one attached hydrogen (secondary N) is 2. The summed E-state index contributed by atoms with van der Waals surface area (Å²) in [6.45, 7) is 15.8. The van der Waals surface area contributed by atoms with Crippen molar-refractivity contribution in [3.63, 3.8) is 0 Å². The van der Waals surface area contributed by atoms with Crippen molar-refractivity contribution in [1.82, 2.24) is 15.5 Å². The monoisotopic (exact) mass is 581 g/mol. The number of nitrogens with zero attached hydrogens (tertiary/aromatic N) is 1. The van der Waals surface area contributed by atoms with E-state index in [1.54, 1.807) is 49.9 Å². The van der Waals surface area contributed by atoms with Gasteiger partial charge in [-0.1, -0.05) is 63.4 Å². The summed E-state index contributed by atoms with van der Waals surface area (Å²) in [5.41, 5.74) is 2.84. The average Bonchev–Trinajstić information content (AvgIpc) is 2.89. The lowest BCUT2D eigenvalue weighted by molar-refractivity contribution is -0.142. The van der Waals surface area contributed by atoms with Crippen LogP contribution < -0.4 is 10.6 Å². The Kier molecular flexibility index (Phi) is 13.4. The summed E-state index contributed by atoms with van der Waals surface area (Å²) in [6.07, 6.45) is 3.73. The average molecular weight is 582 g/mol. The second-order valence-corrected chi connectivity index (χ2v) is 12.3. The summed E-state index contributed by atoms with van der Waals surface area (Å²) in [7, 11) is 0. The molecule has 232 valence electrons. The van der Waals surface area contributed by atoms with E-state index in [0.29, 0.717) is 13.0 Å². The maximum Gasteiger partial charge on any atom is 0.408 e. The highest BCUT2D eigenvalue weighted by Gasteiger charge is 2.36. The molecule has 0 aliphatic heterocycles. The lowest BCUT2D eigenvalue weighted by Gasteiger charge is -2.35. The van der Waals surface area contributed by atoms with Gasteiger partial charge in [0.1, 0.15) is 23.4 Å². The Hall–Kier alpha value is -3.55. The zero-order chi connectivity index (χ0) is 31.4. The first-order valence-electron chi connectivity index (χ1n) is 15.2. The SMILES string of the molecule is CCCCCN(C(=O)C(Cc1ccc(O)cc1)NC(=O)OC(C)(C)C)C(C(=O)NC(C)CCC)c1ccc(C)c(C)c1. The molecule has 0 aromatic heterocycles. The first-order chi connectivity index (χ1) is 19.7. The van der Waals surface area contributed by atoms with Crippen molar-refractivity contribution in [2.24, 2.45) is 0 Å². The van der Waals surface area contributed by atoms with E-state index in [0.717, 1.165) is 47.9 Å². The molecule has 0 radical (unpaired) electrons. The molecule has 3 atom stereocenters. The number of aromatic hydroxyl groups is 1. The van der Waals surface area contributed by atoms with Gasteiger partial charge in [-0.15, -0.1) is 0 Å². The molecular formula is C34H51N3O5. The third-order valence-corrected chi connectivity index (χ3v) is 7.17. The van der Waals surface area contributed by atoms with E-state index in [-0.39, 0.29) is 30.0 Å². The van der Waals surface area contributed by atoms with Gasteiger partial charge in [0.15, 0.2) is 0 Å². The van der Waals surface area contributed by atoms with Crippen LogP contribution in [0.4, 0.5) is 4.79 Å². The van der Waals surface area contributed by atoms with E-state index >= 15 is 0 Å². The number of alkyl carbamates (subject to hydrolysis) is 1. The molecule has 0 spiro atoms.